The maximum absolute atomic E-state index is 14.9. The van der Waals surface area contributed by atoms with Gasteiger partial charge in [-0.05, 0) is 65.5 Å². The van der Waals surface area contributed by atoms with Gasteiger partial charge in [-0.15, -0.1) is 0 Å². The van der Waals surface area contributed by atoms with Gasteiger partial charge >= 0.3 is 12.1 Å². The predicted octanol–water partition coefficient (Wildman–Crippen LogP) is 8.15. The number of aromatic nitrogens is 4. The number of hydrogen-bond donors (Lipinski definition) is 1. The Labute approximate surface area is 303 Å². The first-order valence-corrected chi connectivity index (χ1v) is 16.7. The molecule has 1 aliphatic carbocycles. The lowest BCUT2D eigenvalue weighted by molar-refractivity contribution is -0.195. The first kappa shape index (κ1) is 37.9. The number of pyridine rings is 1. The molecule has 0 spiro atoms. The van der Waals surface area contributed by atoms with Crippen molar-refractivity contribution in [3.05, 3.63) is 82.7 Å². The number of guanidine groups is 1. The minimum absolute atomic E-state index is 0.0392. The van der Waals surface area contributed by atoms with Crippen LogP contribution in [-0.4, -0.2) is 55.3 Å². The molecule has 1 saturated carbocycles. The second kappa shape index (κ2) is 13.6. The van der Waals surface area contributed by atoms with E-state index in [0.29, 0.717) is 10.9 Å². The zero-order valence-electron chi connectivity index (χ0n) is 28.5. The van der Waals surface area contributed by atoms with Gasteiger partial charge in [-0.3, -0.25) is 19.5 Å². The van der Waals surface area contributed by atoms with Crippen molar-refractivity contribution >= 4 is 40.2 Å². The van der Waals surface area contributed by atoms with E-state index in [1.807, 2.05) is 20.8 Å². The Morgan fingerprint density at radius 1 is 1.02 bits per heavy atom. The summed E-state index contributed by atoms with van der Waals surface area (Å²) in [5.74, 6) is -3.02. The van der Waals surface area contributed by atoms with Gasteiger partial charge in [0.25, 0.3) is 18.8 Å². The molecule has 0 saturated heterocycles. The maximum atomic E-state index is 14.9. The number of hydrogen-bond acceptors (Lipinski definition) is 8. The molecule has 18 heteroatoms. The number of amides is 1. The molecule has 2 aromatic heterocycles. The molecule has 3 heterocycles. The topological polar surface area (TPSA) is 129 Å². The van der Waals surface area contributed by atoms with Crippen LogP contribution >= 0.6 is 11.6 Å². The van der Waals surface area contributed by atoms with E-state index in [-0.39, 0.29) is 46.9 Å². The van der Waals surface area contributed by atoms with Gasteiger partial charge in [-0.2, -0.15) is 18.3 Å². The number of alkyl halides is 7. The van der Waals surface area contributed by atoms with E-state index in [2.05, 4.69) is 20.1 Å². The van der Waals surface area contributed by atoms with Crippen LogP contribution in [0.25, 0.3) is 16.5 Å². The molecule has 10 nitrogen and oxygen atoms in total. The summed E-state index contributed by atoms with van der Waals surface area (Å²) in [5, 5.41) is 4.30. The molecule has 0 unspecified atom stereocenters. The van der Waals surface area contributed by atoms with Gasteiger partial charge in [-0.1, -0.05) is 50.6 Å². The summed E-state index contributed by atoms with van der Waals surface area (Å²) in [6.45, 7) is 4.80. The fourth-order valence-corrected chi connectivity index (χ4v) is 6.92. The van der Waals surface area contributed by atoms with Gasteiger partial charge in [0.05, 0.1) is 28.6 Å². The highest BCUT2D eigenvalue weighted by Gasteiger charge is 2.64. The molecular formula is C35H33ClF7N7O3. The maximum Gasteiger partial charge on any atom is 0.395 e. The van der Waals surface area contributed by atoms with Crippen molar-refractivity contribution in [2.45, 2.75) is 77.1 Å². The van der Waals surface area contributed by atoms with Crippen LogP contribution in [0.4, 0.5) is 30.7 Å². The fourth-order valence-electron chi connectivity index (χ4n) is 6.72. The molecule has 2 aromatic carbocycles. The molecular weight excluding hydrogens is 735 g/mol. The van der Waals surface area contributed by atoms with E-state index in [1.165, 1.54) is 48.7 Å². The first-order valence-electron chi connectivity index (χ1n) is 16.3. The van der Waals surface area contributed by atoms with Crippen molar-refractivity contribution in [1.82, 2.24) is 24.6 Å². The molecule has 0 radical (unpaired) electrons. The summed E-state index contributed by atoms with van der Waals surface area (Å²) in [4.78, 5) is 41.0. The largest absolute Gasteiger partial charge is 0.463 e. The van der Waals surface area contributed by atoms with Crippen molar-refractivity contribution < 1.29 is 45.1 Å². The highest BCUT2D eigenvalue weighted by atomic mass is 35.5. The molecule has 4 aromatic rings. The minimum atomic E-state index is -4.64. The third-order valence-electron chi connectivity index (χ3n) is 9.39. The number of benzene rings is 2. The lowest BCUT2D eigenvalue weighted by atomic mass is 9.75. The minimum Gasteiger partial charge on any atom is -0.463 e. The molecule has 1 aliphatic heterocycles. The normalized spacial score (nSPS) is 19.3. The summed E-state index contributed by atoms with van der Waals surface area (Å²) in [7, 11) is 0. The number of esters is 1. The van der Waals surface area contributed by atoms with Gasteiger partial charge in [0.1, 0.15) is 18.6 Å². The predicted molar refractivity (Wildman–Crippen MR) is 178 cm³/mol. The number of halogens is 8. The third kappa shape index (κ3) is 7.14. The van der Waals surface area contributed by atoms with Crippen molar-refractivity contribution in [3.63, 3.8) is 0 Å². The first-order chi connectivity index (χ1) is 24.8. The summed E-state index contributed by atoms with van der Waals surface area (Å²) in [6, 6.07) is 8.55. The lowest BCUT2D eigenvalue weighted by Gasteiger charge is -2.35. The Balaban J connectivity index is 1.45. The second-order valence-electron chi connectivity index (χ2n) is 14.4. The van der Waals surface area contributed by atoms with Crippen LogP contribution in [0.2, 0.25) is 5.02 Å². The second-order valence-corrected chi connectivity index (χ2v) is 14.8. The molecule has 6 rings (SSSR count). The monoisotopic (exact) mass is 767 g/mol. The number of fused-ring (bicyclic) bond motifs is 1. The van der Waals surface area contributed by atoms with E-state index in [4.69, 9.17) is 22.1 Å². The fraction of sp³-hybridized carbons (Fsp3) is 0.429. The Hall–Kier alpha value is -4.80. The Kier molecular flexibility index (Phi) is 9.71. The molecule has 282 valence electrons. The van der Waals surface area contributed by atoms with Gasteiger partial charge in [0.2, 0.25) is 0 Å². The van der Waals surface area contributed by atoms with E-state index in [9.17, 15) is 40.3 Å². The molecule has 2 aliphatic rings. The number of nitrogens with zero attached hydrogens (tertiary/aromatic N) is 6. The van der Waals surface area contributed by atoms with Crippen molar-refractivity contribution in [2.24, 2.45) is 21.6 Å². The van der Waals surface area contributed by atoms with Crippen molar-refractivity contribution in [1.29, 1.82) is 0 Å². The van der Waals surface area contributed by atoms with Crippen LogP contribution in [-0.2, 0) is 19.9 Å². The number of ether oxygens (including phenoxy) is 1. The standard InChI is InChI=1S/C35H33ClF7N7O3/c1-32(2,3)16-34(20-5-6-21-18(12-20)8-11-45-26(21)27(37)38)30(52)49(31(44)48-34)24(15-53-25(51)14-33(9-10-33)35(41,42)43)19-4-7-22(36)23(13-19)50-29(28(39)40)46-17-47-50/h4-8,11-13,17,24,27-28H,9-10,14-16H2,1-3H3,(H2,44,48)/t24-,34-/m1/s1. The number of rotatable bonds is 11. The van der Waals surface area contributed by atoms with E-state index < -0.39 is 77.9 Å². The van der Waals surface area contributed by atoms with E-state index >= 15 is 0 Å². The van der Waals surface area contributed by atoms with Crippen LogP contribution in [0.1, 0.15) is 88.0 Å². The van der Waals surface area contributed by atoms with Crippen LogP contribution in [0.3, 0.4) is 0 Å². The van der Waals surface area contributed by atoms with E-state index in [0.717, 1.165) is 15.9 Å². The zero-order valence-corrected chi connectivity index (χ0v) is 29.2. The molecule has 1 fully saturated rings. The van der Waals surface area contributed by atoms with Crippen LogP contribution in [0, 0.1) is 10.8 Å². The summed E-state index contributed by atoms with van der Waals surface area (Å²) >= 11 is 6.41. The zero-order chi connectivity index (χ0) is 38.7. The smallest absolute Gasteiger partial charge is 0.395 e. The van der Waals surface area contributed by atoms with Crippen LogP contribution in [0.15, 0.2) is 60.0 Å². The highest BCUT2D eigenvalue weighted by molar-refractivity contribution is 6.32. The van der Waals surface area contributed by atoms with Gasteiger partial charge in [0, 0.05) is 11.6 Å². The van der Waals surface area contributed by atoms with Gasteiger partial charge in [-0.25, -0.2) is 32.2 Å². The molecule has 2 atom stereocenters. The lowest BCUT2D eigenvalue weighted by Crippen LogP contribution is -2.47. The van der Waals surface area contributed by atoms with Crippen molar-refractivity contribution in [2.75, 3.05) is 6.61 Å². The quantitative estimate of drug-likeness (QED) is 0.121. The summed E-state index contributed by atoms with van der Waals surface area (Å²) in [6.07, 6.45) is -9.89. The van der Waals surface area contributed by atoms with E-state index in [1.54, 1.807) is 0 Å². The third-order valence-corrected chi connectivity index (χ3v) is 9.71. The number of carbonyl (C=O) groups is 2. The number of nitrogens with two attached hydrogens (primary N) is 1. The SMILES string of the molecule is CC(C)(C)C[C@]1(c2ccc3c(C(F)F)nccc3c2)N=C(N)N([C@H](COC(=O)CC2(C(F)(F)F)CC2)c2ccc(Cl)c(-n3ncnc3C(F)F)c2)C1=O. The number of aliphatic imine (C=N–C) groups is 1. The van der Waals surface area contributed by atoms with Crippen LogP contribution in [0.5, 0.6) is 0 Å². The summed E-state index contributed by atoms with van der Waals surface area (Å²) in [5.41, 5.74) is 1.80. The summed E-state index contributed by atoms with van der Waals surface area (Å²) < 4.78 is 103. The molecule has 53 heavy (non-hydrogen) atoms. The average molecular weight is 768 g/mol. The molecule has 2 N–H and O–H groups in total. The Bertz CT molecular complexity index is 2100. The number of carbonyl (C=O) groups excluding carboxylic acids is 2. The van der Waals surface area contributed by atoms with Crippen LogP contribution < -0.4 is 5.73 Å². The highest BCUT2D eigenvalue weighted by Crippen LogP contribution is 2.60. The Morgan fingerprint density at radius 3 is 2.36 bits per heavy atom. The van der Waals surface area contributed by atoms with Gasteiger partial charge in [0.15, 0.2) is 17.3 Å². The Morgan fingerprint density at radius 2 is 1.74 bits per heavy atom. The average Bonchev–Trinajstić information content (AvgIpc) is 3.62. The van der Waals surface area contributed by atoms with Gasteiger partial charge < -0.3 is 10.5 Å². The van der Waals surface area contributed by atoms with Crippen molar-refractivity contribution in [3.8, 4) is 5.69 Å². The molecule has 1 amide bonds. The molecule has 0 bridgehead atoms.